The van der Waals surface area contributed by atoms with Crippen LogP contribution in [0.5, 0.6) is 0 Å². The SMILES string of the molecule is CCc1ccc(CC2S/C(=N/N=C/c3cccs3)NC2=O)cc1. The number of carbonyl (C=O) groups is 1. The number of thioether (sulfide) groups is 1. The fourth-order valence-electron chi connectivity index (χ4n) is 2.21. The van der Waals surface area contributed by atoms with E-state index in [4.69, 9.17) is 0 Å². The van der Waals surface area contributed by atoms with E-state index in [-0.39, 0.29) is 11.2 Å². The van der Waals surface area contributed by atoms with Crippen molar-refractivity contribution in [3.05, 3.63) is 57.8 Å². The molecule has 1 aliphatic rings. The van der Waals surface area contributed by atoms with Crippen LogP contribution in [0.1, 0.15) is 22.9 Å². The molecule has 1 N–H and O–H groups in total. The van der Waals surface area contributed by atoms with Crippen LogP contribution in [-0.4, -0.2) is 22.5 Å². The molecule has 2 aromatic rings. The lowest BCUT2D eigenvalue weighted by Crippen LogP contribution is -2.25. The average Bonchev–Trinajstić information content (AvgIpc) is 3.19. The molecule has 1 unspecified atom stereocenters. The molecule has 0 bridgehead atoms. The van der Waals surface area contributed by atoms with E-state index in [2.05, 4.69) is 46.7 Å². The van der Waals surface area contributed by atoms with E-state index in [1.54, 1.807) is 17.6 Å². The van der Waals surface area contributed by atoms with Gasteiger partial charge in [0.1, 0.15) is 0 Å². The molecule has 1 aromatic carbocycles. The van der Waals surface area contributed by atoms with Gasteiger partial charge in [-0.2, -0.15) is 5.10 Å². The van der Waals surface area contributed by atoms with Gasteiger partial charge >= 0.3 is 0 Å². The number of nitrogens with one attached hydrogen (secondary N) is 1. The Morgan fingerprint density at radius 1 is 1.22 bits per heavy atom. The first kappa shape index (κ1) is 16.0. The van der Waals surface area contributed by atoms with Crippen molar-refractivity contribution in [2.24, 2.45) is 10.2 Å². The summed E-state index contributed by atoms with van der Waals surface area (Å²) in [4.78, 5) is 13.1. The zero-order valence-corrected chi connectivity index (χ0v) is 14.4. The van der Waals surface area contributed by atoms with E-state index in [1.807, 2.05) is 17.5 Å². The molecule has 1 atom stereocenters. The predicted molar refractivity (Wildman–Crippen MR) is 98.4 cm³/mol. The molecule has 118 valence electrons. The Labute approximate surface area is 143 Å². The van der Waals surface area contributed by atoms with Gasteiger partial charge in [0.15, 0.2) is 5.17 Å². The second kappa shape index (κ2) is 7.57. The van der Waals surface area contributed by atoms with Crippen molar-refractivity contribution in [2.45, 2.75) is 25.0 Å². The molecule has 0 saturated carbocycles. The molecule has 1 amide bonds. The van der Waals surface area contributed by atoms with Crippen molar-refractivity contribution in [1.29, 1.82) is 0 Å². The van der Waals surface area contributed by atoms with Crippen molar-refractivity contribution in [3.63, 3.8) is 0 Å². The summed E-state index contributed by atoms with van der Waals surface area (Å²) in [5, 5.41) is 13.3. The maximum absolute atomic E-state index is 12.0. The first-order valence-corrected chi connectivity index (χ1v) is 9.20. The Morgan fingerprint density at radius 3 is 2.70 bits per heavy atom. The number of thiophene rings is 1. The fraction of sp³-hybridized carbons (Fsp3) is 0.235. The summed E-state index contributed by atoms with van der Waals surface area (Å²) in [5.74, 6) is -0.000332. The third-order valence-corrected chi connectivity index (χ3v) is 5.38. The molecule has 0 radical (unpaired) electrons. The molecule has 23 heavy (non-hydrogen) atoms. The third kappa shape index (κ3) is 4.30. The minimum absolute atomic E-state index is 0.000332. The number of nitrogens with zero attached hydrogens (tertiary/aromatic N) is 2. The molecule has 1 aliphatic heterocycles. The fourth-order valence-corrected chi connectivity index (χ4v) is 3.76. The van der Waals surface area contributed by atoms with E-state index in [1.165, 1.54) is 17.3 Å². The Bertz CT molecular complexity index is 721. The molecule has 1 fully saturated rings. The van der Waals surface area contributed by atoms with Crippen molar-refractivity contribution in [3.8, 4) is 0 Å². The highest BCUT2D eigenvalue weighted by molar-refractivity contribution is 8.15. The van der Waals surface area contributed by atoms with Gasteiger partial charge in [0.05, 0.1) is 11.5 Å². The minimum Gasteiger partial charge on any atom is -0.303 e. The number of amidine groups is 1. The van der Waals surface area contributed by atoms with Crippen LogP contribution in [0.15, 0.2) is 52.0 Å². The Kier molecular flexibility index (Phi) is 5.25. The summed E-state index contributed by atoms with van der Waals surface area (Å²) in [7, 11) is 0. The topological polar surface area (TPSA) is 53.8 Å². The second-order valence-corrected chi connectivity index (χ2v) is 7.31. The number of carbonyl (C=O) groups excluding carboxylic acids is 1. The van der Waals surface area contributed by atoms with Crippen LogP contribution in [0, 0.1) is 0 Å². The van der Waals surface area contributed by atoms with Crippen molar-refractivity contribution >= 4 is 40.4 Å². The number of amides is 1. The molecular formula is C17H17N3OS2. The molecule has 1 saturated heterocycles. The van der Waals surface area contributed by atoms with E-state index in [9.17, 15) is 4.79 Å². The molecule has 3 rings (SSSR count). The van der Waals surface area contributed by atoms with Gasteiger partial charge in [0, 0.05) is 4.88 Å². The van der Waals surface area contributed by atoms with Crippen LogP contribution < -0.4 is 5.32 Å². The van der Waals surface area contributed by atoms with Gasteiger partial charge in [-0.1, -0.05) is 49.0 Å². The van der Waals surface area contributed by atoms with Crippen LogP contribution in [0.3, 0.4) is 0 Å². The summed E-state index contributed by atoms with van der Waals surface area (Å²) in [6.45, 7) is 2.13. The average molecular weight is 343 g/mol. The van der Waals surface area contributed by atoms with Crippen LogP contribution in [0.2, 0.25) is 0 Å². The summed E-state index contributed by atoms with van der Waals surface area (Å²) < 4.78 is 0. The molecule has 0 aliphatic carbocycles. The molecule has 6 heteroatoms. The van der Waals surface area contributed by atoms with Gasteiger partial charge < -0.3 is 5.32 Å². The Balaban J connectivity index is 1.60. The second-order valence-electron chi connectivity index (χ2n) is 5.14. The van der Waals surface area contributed by atoms with Crippen LogP contribution in [-0.2, 0) is 17.6 Å². The maximum Gasteiger partial charge on any atom is 0.239 e. The van der Waals surface area contributed by atoms with Crippen LogP contribution in [0.25, 0.3) is 0 Å². The zero-order valence-electron chi connectivity index (χ0n) is 12.7. The maximum atomic E-state index is 12.0. The zero-order chi connectivity index (χ0) is 16.1. The lowest BCUT2D eigenvalue weighted by atomic mass is 10.1. The van der Waals surface area contributed by atoms with Crippen LogP contribution in [0.4, 0.5) is 0 Å². The van der Waals surface area contributed by atoms with Crippen molar-refractivity contribution < 1.29 is 4.79 Å². The predicted octanol–water partition coefficient (Wildman–Crippen LogP) is 3.47. The highest BCUT2D eigenvalue weighted by Crippen LogP contribution is 2.23. The molecular weight excluding hydrogens is 326 g/mol. The lowest BCUT2D eigenvalue weighted by molar-refractivity contribution is -0.118. The van der Waals surface area contributed by atoms with Gasteiger partial charge in [-0.15, -0.1) is 16.4 Å². The van der Waals surface area contributed by atoms with Crippen molar-refractivity contribution in [1.82, 2.24) is 5.32 Å². The first-order valence-electron chi connectivity index (χ1n) is 7.44. The number of hydrogen-bond donors (Lipinski definition) is 1. The number of benzene rings is 1. The number of aryl methyl sites for hydroxylation is 1. The lowest BCUT2D eigenvalue weighted by Gasteiger charge is -2.06. The summed E-state index contributed by atoms with van der Waals surface area (Å²) in [6, 6.07) is 12.4. The van der Waals surface area contributed by atoms with Gasteiger partial charge in [0.2, 0.25) is 5.91 Å². The van der Waals surface area contributed by atoms with Crippen LogP contribution >= 0.6 is 23.1 Å². The summed E-state index contributed by atoms with van der Waals surface area (Å²) >= 11 is 3.04. The van der Waals surface area contributed by atoms with E-state index in [0.717, 1.165) is 16.9 Å². The monoisotopic (exact) mass is 343 g/mol. The minimum atomic E-state index is -0.141. The number of hydrogen-bond acceptors (Lipinski definition) is 5. The molecule has 2 heterocycles. The summed E-state index contributed by atoms with van der Waals surface area (Å²) in [6.07, 6.45) is 3.42. The largest absolute Gasteiger partial charge is 0.303 e. The molecule has 4 nitrogen and oxygen atoms in total. The van der Waals surface area contributed by atoms with Gasteiger partial charge in [-0.05, 0) is 35.4 Å². The normalized spacial score (nSPS) is 19.6. The summed E-state index contributed by atoms with van der Waals surface area (Å²) in [5.41, 5.74) is 2.47. The Hall–Kier alpha value is -1.92. The highest BCUT2D eigenvalue weighted by atomic mass is 32.2. The number of rotatable bonds is 5. The smallest absolute Gasteiger partial charge is 0.239 e. The molecule has 0 spiro atoms. The van der Waals surface area contributed by atoms with Crippen molar-refractivity contribution in [2.75, 3.05) is 0 Å². The standard InChI is InChI=1S/C17H17N3OS2/c1-2-12-5-7-13(8-6-12)10-15-16(21)19-17(23-15)20-18-11-14-4-3-9-22-14/h3-9,11,15H,2,10H2,1H3,(H,19,20,21)/b18-11+. The van der Waals surface area contributed by atoms with E-state index >= 15 is 0 Å². The Morgan fingerprint density at radius 2 is 2.00 bits per heavy atom. The van der Waals surface area contributed by atoms with Gasteiger partial charge in [0.25, 0.3) is 0 Å². The van der Waals surface area contributed by atoms with Gasteiger partial charge in [-0.3, -0.25) is 4.79 Å². The first-order chi connectivity index (χ1) is 11.2. The third-order valence-electron chi connectivity index (χ3n) is 3.51. The molecule has 1 aromatic heterocycles. The quantitative estimate of drug-likeness (QED) is 0.667. The van der Waals surface area contributed by atoms with E-state index < -0.39 is 0 Å². The highest BCUT2D eigenvalue weighted by Gasteiger charge is 2.30. The van der Waals surface area contributed by atoms with E-state index in [0.29, 0.717) is 11.6 Å². The van der Waals surface area contributed by atoms with Gasteiger partial charge in [-0.25, -0.2) is 0 Å².